The second-order valence-electron chi connectivity index (χ2n) is 33.5. The predicted molar refractivity (Wildman–Crippen MR) is 479 cm³/mol. The van der Waals surface area contributed by atoms with Gasteiger partial charge in [-0.15, -0.1) is 0 Å². The molecule has 0 aromatic heterocycles. The molecule has 4 saturated heterocycles. The highest BCUT2D eigenvalue weighted by atomic mass is 16.6. The Morgan fingerprint density at radius 2 is 0.508 bits per heavy atom. The van der Waals surface area contributed by atoms with Crippen molar-refractivity contribution in [1.29, 1.82) is 0 Å². The van der Waals surface area contributed by atoms with Gasteiger partial charge in [-0.05, 0) is 244 Å². The Balaban J connectivity index is 0.000000144. The maximum absolute atomic E-state index is 12.8. The van der Waals surface area contributed by atoms with Gasteiger partial charge in [0.1, 0.15) is 94.5 Å². The topological polar surface area (TPSA) is 312 Å². The molecule has 0 bridgehead atoms. The zero-order valence-corrected chi connectivity index (χ0v) is 73.2. The quantitative estimate of drug-likeness (QED) is 0.0186. The molecule has 8 aliphatic rings. The number of aliphatic hydroxyl groups excluding tert-OH is 4. The molecule has 126 heavy (non-hydrogen) atoms. The van der Waals surface area contributed by atoms with Gasteiger partial charge in [-0.25, -0.2) is 0 Å². The minimum Gasteiger partial charge on any atom is -0.493 e. The highest BCUT2D eigenvalue weighted by molar-refractivity contribution is 5.79. The summed E-state index contributed by atoms with van der Waals surface area (Å²) in [5.41, 5.74) is 8.44. The zero-order valence-electron chi connectivity index (χ0n) is 73.2. The van der Waals surface area contributed by atoms with E-state index < -0.39 is 48.6 Å². The second-order valence-corrected chi connectivity index (χ2v) is 33.5. The molecule has 0 aliphatic carbocycles. The van der Waals surface area contributed by atoms with Gasteiger partial charge in [0, 0.05) is 26.2 Å². The van der Waals surface area contributed by atoms with Crippen molar-refractivity contribution in [3.05, 3.63) is 220 Å². The number of ether oxygens (including phenoxy) is 11. The zero-order chi connectivity index (χ0) is 87.9. The van der Waals surface area contributed by atoms with Crippen LogP contribution < -0.4 is 73.4 Å². The fraction of sp³-hybridized carbons (Fsp3) is 0.475. The number of aliphatic hydroxyl groups is 4. The number of carbonyl (C=O) groups excluding carboxylic acids is 4. The van der Waals surface area contributed by atoms with Crippen LogP contribution in [0.2, 0.25) is 0 Å². The standard InChI is InChI=1S/3C25H32N2O5.C24H30N2O4/c3*1-18-4-7-20(8-5-18)30-13-10-24(28)26-21(17-27-11-2-3-12-27)25(29)19-6-9-22-23(16-19)32-15-14-31-22;1-17-4-6-18(7-5-17)14-23(27)25-20(16-26-10-2-3-11-26)24(28)19-8-9-21-22(15-19)30-13-12-29-21/h3*4-9,16,21,25,29H,2-3,10-15,17H2,1H3,(H,26,28);4-9,15,20,24,28H,2-3,10-14,16H2,1H3,(H,25,27). The van der Waals surface area contributed by atoms with E-state index in [1.165, 1.54) is 5.56 Å². The smallest absolute Gasteiger partial charge is 0.224 e. The van der Waals surface area contributed by atoms with Crippen molar-refractivity contribution in [2.75, 3.05) is 151 Å². The number of hydrogen-bond acceptors (Lipinski definition) is 23. The lowest BCUT2D eigenvalue weighted by atomic mass is 10.00. The van der Waals surface area contributed by atoms with Crippen LogP contribution in [0.1, 0.15) is 145 Å². The van der Waals surface area contributed by atoms with E-state index in [9.17, 15) is 39.6 Å². The normalized spacial score (nSPS) is 17.7. The number of aryl methyl sites for hydroxylation is 4. The molecule has 676 valence electrons. The molecule has 4 fully saturated rings. The molecule has 0 spiro atoms. The van der Waals surface area contributed by atoms with Crippen molar-refractivity contribution in [3.63, 3.8) is 0 Å². The Morgan fingerprint density at radius 3 is 0.746 bits per heavy atom. The molecule has 16 rings (SSSR count). The summed E-state index contributed by atoms with van der Waals surface area (Å²) in [4.78, 5) is 60.0. The Kier molecular flexibility index (Phi) is 35.1. The van der Waals surface area contributed by atoms with E-state index >= 15 is 0 Å². The van der Waals surface area contributed by atoms with Crippen LogP contribution in [0.15, 0.2) is 170 Å². The Bertz CT molecular complexity index is 4380. The van der Waals surface area contributed by atoms with Gasteiger partial charge in [0.2, 0.25) is 23.6 Å². The van der Waals surface area contributed by atoms with Crippen molar-refractivity contribution in [3.8, 4) is 63.2 Å². The van der Waals surface area contributed by atoms with E-state index in [0.717, 1.165) is 149 Å². The lowest BCUT2D eigenvalue weighted by molar-refractivity contribution is -0.124. The van der Waals surface area contributed by atoms with Crippen molar-refractivity contribution in [1.82, 2.24) is 40.9 Å². The molecule has 8 heterocycles. The fourth-order valence-electron chi connectivity index (χ4n) is 16.5. The molecule has 8 N–H and O–H groups in total. The van der Waals surface area contributed by atoms with Crippen molar-refractivity contribution in [2.45, 2.75) is 153 Å². The summed E-state index contributed by atoms with van der Waals surface area (Å²) < 4.78 is 62.0. The van der Waals surface area contributed by atoms with Gasteiger partial charge < -0.3 is 113 Å². The maximum Gasteiger partial charge on any atom is 0.224 e. The molecule has 8 aromatic rings. The number of nitrogens with zero attached hydrogens (tertiary/aromatic N) is 4. The van der Waals surface area contributed by atoms with Crippen LogP contribution in [-0.2, 0) is 25.6 Å². The van der Waals surface area contributed by atoms with Gasteiger partial charge in [0.05, 0.1) is 69.7 Å². The predicted octanol–water partition coefficient (Wildman–Crippen LogP) is 11.2. The number of carbonyl (C=O) groups is 4. The van der Waals surface area contributed by atoms with E-state index in [4.69, 9.17) is 52.1 Å². The average molecular weight is 1730 g/mol. The van der Waals surface area contributed by atoms with Gasteiger partial charge in [0.25, 0.3) is 0 Å². The summed E-state index contributed by atoms with van der Waals surface area (Å²) in [7, 11) is 0. The molecule has 27 nitrogen and oxygen atoms in total. The highest BCUT2D eigenvalue weighted by Crippen LogP contribution is 2.39. The minimum absolute atomic E-state index is 0.0837. The summed E-state index contributed by atoms with van der Waals surface area (Å²) >= 11 is 0. The van der Waals surface area contributed by atoms with Gasteiger partial charge in [-0.1, -0.05) is 107 Å². The van der Waals surface area contributed by atoms with E-state index in [0.29, 0.717) is 148 Å². The molecule has 0 radical (unpaired) electrons. The third-order valence-electron chi connectivity index (χ3n) is 23.5. The first kappa shape index (κ1) is 92.8. The fourth-order valence-corrected chi connectivity index (χ4v) is 16.5. The molecular formula is C99H126N8O19. The first-order chi connectivity index (χ1) is 61.3. The van der Waals surface area contributed by atoms with E-state index in [1.54, 1.807) is 0 Å². The molecule has 8 aliphatic heterocycles. The number of likely N-dealkylation sites (tertiary alicyclic amines) is 4. The minimum atomic E-state index is -0.853. The van der Waals surface area contributed by atoms with Crippen molar-refractivity contribution in [2.24, 2.45) is 0 Å². The van der Waals surface area contributed by atoms with Gasteiger partial charge in [-0.3, -0.25) is 19.2 Å². The van der Waals surface area contributed by atoms with Crippen LogP contribution in [-0.4, -0.2) is 239 Å². The molecule has 8 aromatic carbocycles. The number of hydrogen-bond donors (Lipinski definition) is 8. The second kappa shape index (κ2) is 47.6. The SMILES string of the molecule is Cc1ccc(CC(=O)NC(CN2CCCC2)C(O)c2ccc3c(c2)OCCO3)cc1.Cc1ccc(OCCC(=O)NC(CN2CCCC2)C(O)c2ccc3c(c2)OCCO3)cc1.Cc1ccc(OCCC(=O)NC(CN2CCCC2)C(O)c2ccc3c(c2)OCCO3)cc1.Cc1ccc(OCCC(=O)NC(CN2CCCC2)C(O)c2ccc3c(c2)OCCO3)cc1. The van der Waals surface area contributed by atoms with Gasteiger partial charge in [0.15, 0.2) is 46.0 Å². The number of nitrogens with one attached hydrogen (secondary N) is 4. The molecule has 8 atom stereocenters. The van der Waals surface area contributed by atoms with E-state index in [-0.39, 0.29) is 62.7 Å². The van der Waals surface area contributed by atoms with Crippen LogP contribution in [0.3, 0.4) is 0 Å². The third-order valence-corrected chi connectivity index (χ3v) is 23.5. The van der Waals surface area contributed by atoms with Gasteiger partial charge in [-0.2, -0.15) is 0 Å². The van der Waals surface area contributed by atoms with Crippen LogP contribution in [0.25, 0.3) is 0 Å². The first-order valence-electron chi connectivity index (χ1n) is 44.8. The van der Waals surface area contributed by atoms with Gasteiger partial charge >= 0.3 is 0 Å². The summed E-state index contributed by atoms with van der Waals surface area (Å²) in [6, 6.07) is 51.4. The largest absolute Gasteiger partial charge is 0.493 e. The average Bonchev–Trinajstić information content (AvgIpc) is 0.962. The molecular weight excluding hydrogens is 1610 g/mol. The number of amides is 4. The molecule has 4 amide bonds. The summed E-state index contributed by atoms with van der Waals surface area (Å²) in [6.45, 7) is 23.3. The lowest BCUT2D eigenvalue weighted by Gasteiger charge is -2.29. The number of benzene rings is 8. The van der Waals surface area contributed by atoms with Crippen molar-refractivity contribution < 1.29 is 91.7 Å². The molecule has 8 unspecified atom stereocenters. The number of fused-ring (bicyclic) bond motifs is 4. The third kappa shape index (κ3) is 28.6. The molecule has 27 heteroatoms. The Labute approximate surface area is 740 Å². The van der Waals surface area contributed by atoms with E-state index in [1.807, 2.05) is 198 Å². The Morgan fingerprint density at radius 1 is 0.294 bits per heavy atom. The first-order valence-corrected chi connectivity index (χ1v) is 44.8. The van der Waals surface area contributed by atoms with E-state index in [2.05, 4.69) is 40.9 Å². The van der Waals surface area contributed by atoms with Crippen LogP contribution >= 0.6 is 0 Å². The summed E-state index contributed by atoms with van der Waals surface area (Å²) in [5.74, 6) is 6.99. The summed E-state index contributed by atoms with van der Waals surface area (Å²) in [6.07, 6.45) is 6.75. The highest BCUT2D eigenvalue weighted by Gasteiger charge is 2.34. The number of rotatable bonds is 34. The lowest BCUT2D eigenvalue weighted by Crippen LogP contribution is -2.47. The molecule has 0 saturated carbocycles. The summed E-state index contributed by atoms with van der Waals surface area (Å²) in [5, 5.41) is 56.8. The maximum atomic E-state index is 12.8. The van der Waals surface area contributed by atoms with Crippen LogP contribution in [0.5, 0.6) is 63.2 Å². The van der Waals surface area contributed by atoms with Crippen LogP contribution in [0.4, 0.5) is 0 Å². The monoisotopic (exact) mass is 1730 g/mol. The van der Waals surface area contributed by atoms with Crippen molar-refractivity contribution >= 4 is 23.6 Å². The van der Waals surface area contributed by atoms with Crippen LogP contribution in [0, 0.1) is 27.7 Å². The Hall–Kier alpha value is -10.9.